The molecule has 5 heterocycles. The first-order valence-corrected chi connectivity index (χ1v) is 42.0. The molecule has 7 heteroatoms. The van der Waals surface area contributed by atoms with Crippen LogP contribution in [0.5, 0.6) is 11.5 Å². The first kappa shape index (κ1) is 57.7. The normalized spacial score (nSPS) is 19.9. The van der Waals surface area contributed by atoms with Gasteiger partial charge in [0, 0.05) is 55.3 Å². The molecule has 0 saturated carbocycles. The van der Waals surface area contributed by atoms with Gasteiger partial charge in [0.15, 0.2) is 11.5 Å². The SMILES string of the molecule is [2H]c1c([2H])c([2H])c(-c2c([2H])c([2H])c3c(c2[2H])N(C2C(C4CC=CCC4)=CC(C(C)(C)C)CC2C2=CCCCC2)c2cc(C(C)(C)C)cc4c2B3c2c3c5c(c([2H])c2N4c2c(-c4ccccc4)cc(C(C)(C)C)cc2-c2ccccc2)N2c4ccc(-c6ccccc6)cc4Oc4c([2H])c(-c6ccccc6)c([2H])c(c42)B5c2c([2H])c(-c4ccccc4)c([2H])c([2H])c2S3)c([2H])c1[2H]. The Hall–Kier alpha value is -11.2. The third-order valence-corrected chi connectivity index (χ3v) is 26.7. The van der Waals surface area contributed by atoms with Gasteiger partial charge in [-0.2, -0.15) is 0 Å². The lowest BCUT2D eigenvalue weighted by Crippen LogP contribution is -2.67. The molecular weight excluding hydrogens is 1410 g/mol. The zero-order valence-corrected chi connectivity index (χ0v) is 67.4. The monoisotopic (exact) mass is 1520 g/mol. The van der Waals surface area contributed by atoms with Gasteiger partial charge in [-0.1, -0.05) is 328 Å². The van der Waals surface area contributed by atoms with Crippen molar-refractivity contribution in [2.45, 2.75) is 140 Å². The minimum absolute atomic E-state index is 0.0182. The summed E-state index contributed by atoms with van der Waals surface area (Å²) in [4.78, 5) is 7.46. The van der Waals surface area contributed by atoms with Gasteiger partial charge in [-0.05, 0) is 240 Å². The van der Waals surface area contributed by atoms with Crippen LogP contribution < -0.4 is 52.2 Å². The zero-order chi connectivity index (χ0) is 89.9. The van der Waals surface area contributed by atoms with E-state index in [2.05, 4.69) is 169 Å². The Balaban J connectivity index is 1.02. The van der Waals surface area contributed by atoms with Gasteiger partial charge >= 0.3 is 0 Å². The quantitative estimate of drug-likeness (QED) is 0.100. The summed E-state index contributed by atoms with van der Waals surface area (Å²) in [6, 6.07) is 59.1. The molecule has 13 aromatic rings. The highest BCUT2D eigenvalue weighted by Gasteiger charge is 2.55. The molecule has 0 fully saturated rings. The number of hydrogen-bond acceptors (Lipinski definition) is 5. The molecule has 3 aliphatic carbocycles. The summed E-state index contributed by atoms with van der Waals surface area (Å²) in [5, 5.41) is 0. The average Bonchev–Trinajstić information content (AvgIpc) is 0.655. The van der Waals surface area contributed by atoms with E-state index in [1.54, 1.807) is 0 Å². The number of ether oxygens (including phenoxy) is 1. The van der Waals surface area contributed by atoms with Crippen molar-refractivity contribution in [1.29, 1.82) is 0 Å². The molecule has 21 rings (SSSR count). The number of anilines is 8. The van der Waals surface area contributed by atoms with Gasteiger partial charge in [-0.15, -0.1) is 0 Å². The Kier molecular flexibility index (Phi) is 13.9. The number of rotatable bonds is 10. The maximum Gasteiger partial charge on any atom is 0.253 e. The maximum absolute atomic E-state index is 12.7. The number of nitrogens with zero attached hydrogens (tertiary/aromatic N) is 3. The van der Waals surface area contributed by atoms with Crippen molar-refractivity contribution in [2.24, 2.45) is 23.2 Å². The van der Waals surface area contributed by atoms with Crippen molar-refractivity contribution >= 4 is 103 Å². The van der Waals surface area contributed by atoms with Gasteiger partial charge in [0.2, 0.25) is 6.71 Å². The van der Waals surface area contributed by atoms with Crippen molar-refractivity contribution in [2.75, 3.05) is 14.7 Å². The van der Waals surface area contributed by atoms with Crippen LogP contribution in [-0.4, -0.2) is 19.5 Å². The highest BCUT2D eigenvalue weighted by molar-refractivity contribution is 8.00. The second-order valence-electron chi connectivity index (χ2n) is 35.6. The van der Waals surface area contributed by atoms with E-state index in [1.165, 1.54) is 22.9 Å². The summed E-state index contributed by atoms with van der Waals surface area (Å²) >= 11 is 1.24. The lowest BCUT2D eigenvalue weighted by molar-refractivity contribution is 0.220. The minimum atomic E-state index is -1.27. The summed E-state index contributed by atoms with van der Waals surface area (Å²) in [5.74, 6) is 0.281. The van der Waals surface area contributed by atoms with Crippen molar-refractivity contribution in [1.82, 2.24) is 0 Å². The topological polar surface area (TPSA) is 19.0 Å². The molecule has 4 nitrogen and oxygen atoms in total. The van der Waals surface area contributed by atoms with Gasteiger partial charge in [0.05, 0.1) is 42.3 Å². The predicted molar refractivity (Wildman–Crippen MR) is 490 cm³/mol. The third-order valence-electron chi connectivity index (χ3n) is 25.5. The molecule has 0 aromatic heterocycles. The van der Waals surface area contributed by atoms with Crippen LogP contribution in [0, 0.1) is 23.2 Å². The first-order valence-electron chi connectivity index (χ1n) is 48.1. The van der Waals surface area contributed by atoms with Crippen LogP contribution in [0.2, 0.25) is 0 Å². The Morgan fingerprint density at radius 2 is 1.03 bits per heavy atom. The number of hydrogen-bond donors (Lipinski definition) is 0. The summed E-state index contributed by atoms with van der Waals surface area (Å²) in [7, 11) is 0. The first-order chi connectivity index (χ1) is 61.8. The van der Waals surface area contributed by atoms with Gasteiger partial charge in [0.1, 0.15) is 0 Å². The lowest BCUT2D eigenvalue weighted by Gasteiger charge is -2.54. The second-order valence-corrected chi connectivity index (χ2v) is 36.6. The molecule has 4 atom stereocenters. The molecule has 0 bridgehead atoms. The fourth-order valence-electron chi connectivity index (χ4n) is 19.6. The van der Waals surface area contributed by atoms with E-state index in [0.29, 0.717) is 95.3 Å². The van der Waals surface area contributed by atoms with Crippen LogP contribution in [0.15, 0.2) is 324 Å². The minimum Gasteiger partial charge on any atom is -0.453 e. The van der Waals surface area contributed by atoms with Crippen LogP contribution in [0.1, 0.15) is 144 Å². The fraction of sp³-hybridized carbons (Fsp3) is 0.222. The predicted octanol–water partition coefficient (Wildman–Crippen LogP) is 25.7. The second kappa shape index (κ2) is 27.8. The molecule has 0 amide bonds. The third kappa shape index (κ3) is 12.1. The fourth-order valence-corrected chi connectivity index (χ4v) is 20.9. The highest BCUT2D eigenvalue weighted by Crippen LogP contribution is 2.60. The van der Waals surface area contributed by atoms with Crippen molar-refractivity contribution in [3.8, 4) is 78.3 Å². The molecule has 4 unspecified atom stereocenters. The van der Waals surface area contributed by atoms with Crippen molar-refractivity contribution in [3.05, 3.63) is 325 Å². The molecule has 115 heavy (non-hydrogen) atoms. The van der Waals surface area contributed by atoms with Crippen LogP contribution >= 0.6 is 11.8 Å². The van der Waals surface area contributed by atoms with Crippen molar-refractivity contribution < 1.29 is 23.9 Å². The Labute approximate surface area is 705 Å². The van der Waals surface area contributed by atoms with E-state index in [0.717, 1.165) is 89.5 Å². The molecule has 0 spiro atoms. The van der Waals surface area contributed by atoms with E-state index in [1.807, 2.05) is 126 Å². The van der Waals surface area contributed by atoms with Gasteiger partial charge < -0.3 is 19.4 Å². The standard InChI is InChI=1S/C108H97B2N3OS/c1-106(2,3)80-61-83(72-42-26-14-27-43-72)102(84(62-80)73-44-28-15-29-45-73)112-91-58-77(69-36-20-11-21-37-69)50-53-87(91)110-99-92(112)65-82(108(7,8)9)66-93(99)113(103-85(74-46-30-16-31-47-74)63-81(107(4,5)6)64-86(103)75-48-32-17-33-49-75)95-67-94-100-105(101(95)110)115-98-55-52-76(68-34-18-10-19-35-68)56-88(98)109(100)89-57-79(71-40-24-13-25-41-71)60-97-104(89)111(94)90-54-51-78(59-96(90)114-97)70-38-22-12-23-39-70/h10-14,16-26,30-41,44,46-61,63-67,72,80,84,102H,15,27-29,42-43,45,62H2,1-9H3/i11D,20D,21D,36D,37D,50D,52D,53D,55D,56D,57D,58D,60D,67D. The molecule has 0 saturated heterocycles. The smallest absolute Gasteiger partial charge is 0.253 e. The van der Waals surface area contributed by atoms with Crippen LogP contribution in [0.25, 0.3) is 66.8 Å². The Morgan fingerprint density at radius 3 is 1.66 bits per heavy atom. The number of benzene rings is 13. The summed E-state index contributed by atoms with van der Waals surface area (Å²) in [6.45, 7) is 17.8. The van der Waals surface area contributed by atoms with Crippen LogP contribution in [-0.2, 0) is 10.8 Å². The van der Waals surface area contributed by atoms with E-state index in [9.17, 15) is 17.8 Å². The van der Waals surface area contributed by atoms with E-state index in [-0.39, 0.29) is 116 Å². The molecule has 13 aromatic carbocycles. The highest BCUT2D eigenvalue weighted by atomic mass is 32.2. The van der Waals surface area contributed by atoms with Crippen molar-refractivity contribution in [3.63, 3.8) is 0 Å². The van der Waals surface area contributed by atoms with E-state index >= 15 is 0 Å². The Morgan fingerprint density at radius 1 is 0.443 bits per heavy atom. The van der Waals surface area contributed by atoms with Gasteiger partial charge in [0.25, 0.3) is 6.71 Å². The summed E-state index contributed by atoms with van der Waals surface area (Å²) in [6.07, 6.45) is 16.4. The maximum atomic E-state index is 12.7. The molecular formula is C108H97B2N3OS. The average molecular weight is 1520 g/mol. The largest absolute Gasteiger partial charge is 0.453 e. The Bertz CT molecular complexity index is 6960. The zero-order valence-electron chi connectivity index (χ0n) is 80.6. The van der Waals surface area contributed by atoms with Gasteiger partial charge in [-0.3, -0.25) is 0 Å². The summed E-state index contributed by atoms with van der Waals surface area (Å²) < 4.78 is 158. The van der Waals surface area contributed by atoms with E-state index in [4.69, 9.17) is 6.11 Å². The summed E-state index contributed by atoms with van der Waals surface area (Å²) in [5.41, 5.74) is 15.3. The molecule has 8 aliphatic rings. The number of allylic oxidation sites excluding steroid dienone is 4. The molecule has 0 radical (unpaired) electrons. The molecule has 0 N–H and O–H groups in total. The van der Waals surface area contributed by atoms with Crippen LogP contribution in [0.3, 0.4) is 0 Å². The van der Waals surface area contributed by atoms with E-state index < -0.39 is 66.6 Å². The lowest BCUT2D eigenvalue weighted by atomic mass is 9.30. The van der Waals surface area contributed by atoms with Crippen LogP contribution in [0.4, 0.5) is 45.5 Å². The number of fused-ring (bicyclic) bond motifs is 11. The molecule has 5 aliphatic heterocycles. The molecule has 562 valence electrons. The van der Waals surface area contributed by atoms with Gasteiger partial charge in [-0.25, -0.2) is 0 Å².